The van der Waals surface area contributed by atoms with Crippen molar-refractivity contribution in [2.45, 2.75) is 38.6 Å². The zero-order chi connectivity index (χ0) is 19.7. The predicted molar refractivity (Wildman–Crippen MR) is 107 cm³/mol. The number of amides is 1. The van der Waals surface area contributed by atoms with Crippen LogP contribution in [0.1, 0.15) is 46.9 Å². The molecule has 28 heavy (non-hydrogen) atoms. The molecule has 4 nitrogen and oxygen atoms in total. The second kappa shape index (κ2) is 7.50. The van der Waals surface area contributed by atoms with Crippen molar-refractivity contribution >= 4 is 5.91 Å². The Hall–Kier alpha value is -3.08. The average molecular weight is 375 g/mol. The summed E-state index contributed by atoms with van der Waals surface area (Å²) >= 11 is 0. The van der Waals surface area contributed by atoms with Crippen LogP contribution in [-0.4, -0.2) is 22.1 Å². The highest BCUT2D eigenvalue weighted by Gasteiger charge is 2.23. The number of fused-ring (bicyclic) bond motifs is 1. The van der Waals surface area contributed by atoms with Gasteiger partial charge in [-0.25, -0.2) is 4.39 Å². The third-order valence-electron chi connectivity index (χ3n) is 5.12. The summed E-state index contributed by atoms with van der Waals surface area (Å²) in [6.45, 7) is 4.07. The lowest BCUT2D eigenvalue weighted by molar-refractivity contribution is 0.0938. The van der Waals surface area contributed by atoms with Gasteiger partial charge >= 0.3 is 0 Å². The lowest BCUT2D eigenvalue weighted by Gasteiger charge is -2.13. The zero-order valence-electron chi connectivity index (χ0n) is 15.9. The first-order valence-corrected chi connectivity index (χ1v) is 9.52. The second-order valence-corrected chi connectivity index (χ2v) is 7.57. The summed E-state index contributed by atoms with van der Waals surface area (Å²) in [5, 5.41) is 11.4. The van der Waals surface area contributed by atoms with Gasteiger partial charge in [-0.3, -0.25) is 4.79 Å². The van der Waals surface area contributed by atoms with E-state index in [1.54, 1.807) is 6.07 Å². The van der Waals surface area contributed by atoms with Gasteiger partial charge in [-0.2, -0.15) is 10.2 Å². The van der Waals surface area contributed by atoms with Crippen LogP contribution in [0.2, 0.25) is 0 Å². The number of aromatic nitrogens is 2. The van der Waals surface area contributed by atoms with E-state index in [-0.39, 0.29) is 17.9 Å². The van der Waals surface area contributed by atoms with E-state index in [0.717, 1.165) is 18.5 Å². The Kier molecular flexibility index (Phi) is 4.90. The minimum atomic E-state index is -0.466. The van der Waals surface area contributed by atoms with Gasteiger partial charge in [-0.15, -0.1) is 0 Å². The number of carbonyl (C=O) groups excluding carboxylic acids is 1. The summed E-state index contributed by atoms with van der Waals surface area (Å²) in [6.07, 6.45) is 1.60. The van der Waals surface area contributed by atoms with E-state index in [9.17, 15) is 9.18 Å². The van der Waals surface area contributed by atoms with Crippen molar-refractivity contribution in [3.8, 4) is 11.3 Å². The minimum absolute atomic E-state index is 0.0294. The van der Waals surface area contributed by atoms with Crippen molar-refractivity contribution in [1.29, 1.82) is 0 Å². The number of rotatable bonds is 4. The van der Waals surface area contributed by atoms with E-state index in [1.807, 2.05) is 38.1 Å². The quantitative estimate of drug-likeness (QED) is 0.740. The molecule has 3 aromatic rings. The van der Waals surface area contributed by atoms with Crippen molar-refractivity contribution < 1.29 is 9.18 Å². The highest BCUT2D eigenvalue weighted by atomic mass is 19.1. The summed E-state index contributed by atoms with van der Waals surface area (Å²) in [4.78, 5) is 12.7. The minimum Gasteiger partial charge on any atom is -0.349 e. The Labute approximate surface area is 163 Å². The van der Waals surface area contributed by atoms with Crippen molar-refractivity contribution in [1.82, 2.24) is 15.5 Å². The van der Waals surface area contributed by atoms with Crippen molar-refractivity contribution in [2.24, 2.45) is 0 Å². The molecule has 1 aliphatic rings. The number of hydrogen-bond acceptors (Lipinski definition) is 3. The zero-order valence-corrected chi connectivity index (χ0v) is 15.9. The number of benzene rings is 2. The molecule has 0 radical (unpaired) electrons. The second-order valence-electron chi connectivity index (χ2n) is 7.57. The largest absolute Gasteiger partial charge is 0.349 e. The molecule has 1 heterocycles. The molecule has 1 aromatic heterocycles. The number of hydrogen-bond donors (Lipinski definition) is 1. The Bertz CT molecular complexity index is 990. The van der Waals surface area contributed by atoms with Crippen molar-refractivity contribution in [2.75, 3.05) is 0 Å². The van der Waals surface area contributed by atoms with Crippen LogP contribution < -0.4 is 5.32 Å². The number of carbonyl (C=O) groups is 1. The summed E-state index contributed by atoms with van der Waals surface area (Å²) in [6, 6.07) is 16.2. The highest BCUT2D eigenvalue weighted by Crippen LogP contribution is 2.24. The van der Waals surface area contributed by atoms with Crippen LogP contribution >= 0.6 is 0 Å². The van der Waals surface area contributed by atoms with Crippen LogP contribution in [0.15, 0.2) is 54.6 Å². The first kappa shape index (κ1) is 18.3. The smallest absolute Gasteiger partial charge is 0.251 e. The maximum atomic E-state index is 14.2. The van der Waals surface area contributed by atoms with Crippen molar-refractivity contribution in [3.05, 3.63) is 82.8 Å². The molecule has 142 valence electrons. The van der Waals surface area contributed by atoms with Gasteiger partial charge in [-0.1, -0.05) is 38.1 Å². The van der Waals surface area contributed by atoms with Crippen LogP contribution in [0.5, 0.6) is 0 Å². The van der Waals surface area contributed by atoms with E-state index in [1.165, 1.54) is 23.3 Å². The maximum absolute atomic E-state index is 14.2. The highest BCUT2D eigenvalue weighted by molar-refractivity contribution is 5.95. The summed E-state index contributed by atoms with van der Waals surface area (Å²) in [5.41, 5.74) is 4.77. The van der Waals surface area contributed by atoms with E-state index >= 15 is 0 Å². The van der Waals surface area contributed by atoms with Gasteiger partial charge < -0.3 is 5.32 Å². The van der Waals surface area contributed by atoms with Gasteiger partial charge in [-0.05, 0) is 60.2 Å². The third-order valence-corrected chi connectivity index (χ3v) is 5.12. The van der Waals surface area contributed by atoms with Crippen LogP contribution in [0.25, 0.3) is 11.3 Å². The molecule has 4 rings (SSSR count). The molecule has 0 aliphatic heterocycles. The van der Waals surface area contributed by atoms with Gasteiger partial charge in [0.15, 0.2) is 0 Å². The fourth-order valence-electron chi connectivity index (χ4n) is 3.60. The monoisotopic (exact) mass is 375 g/mol. The molecule has 0 bridgehead atoms. The summed E-state index contributed by atoms with van der Waals surface area (Å²) in [5.74, 6) is -0.469. The lowest BCUT2D eigenvalue weighted by Crippen LogP contribution is -2.35. The van der Waals surface area contributed by atoms with Crippen molar-refractivity contribution in [3.63, 3.8) is 0 Å². The molecule has 0 atom stereocenters. The van der Waals surface area contributed by atoms with Gasteiger partial charge in [0.05, 0.1) is 11.4 Å². The Morgan fingerprint density at radius 3 is 2.36 bits per heavy atom. The van der Waals surface area contributed by atoms with Crippen LogP contribution in [-0.2, 0) is 12.8 Å². The Morgan fingerprint density at radius 2 is 1.75 bits per heavy atom. The summed E-state index contributed by atoms with van der Waals surface area (Å²) in [7, 11) is 0. The standard InChI is InChI=1S/C23H22FN3O/c1-14(2)21-7-8-22(27-26-21)17-9-18(11-19(24)10-17)23(28)25-20-12-15-5-3-4-6-16(15)13-20/h3-11,14,20H,12-13H2,1-2H3,(H,25,28). The van der Waals surface area contributed by atoms with E-state index in [2.05, 4.69) is 27.6 Å². The fourth-order valence-corrected chi connectivity index (χ4v) is 3.60. The van der Waals surface area contributed by atoms with E-state index < -0.39 is 5.82 Å². The third kappa shape index (κ3) is 3.79. The Morgan fingerprint density at radius 1 is 1.04 bits per heavy atom. The molecule has 0 saturated heterocycles. The topological polar surface area (TPSA) is 54.9 Å². The first-order chi connectivity index (χ1) is 13.5. The molecule has 5 heteroatoms. The van der Waals surface area contributed by atoms with Gasteiger partial charge in [0.2, 0.25) is 0 Å². The molecule has 2 aromatic carbocycles. The Balaban J connectivity index is 1.53. The predicted octanol–water partition coefficient (Wildman–Crippen LogP) is 4.30. The molecule has 0 spiro atoms. The van der Waals surface area contributed by atoms with Gasteiger partial charge in [0.25, 0.3) is 5.91 Å². The summed E-state index contributed by atoms with van der Waals surface area (Å²) < 4.78 is 14.2. The molecule has 1 aliphatic carbocycles. The SMILES string of the molecule is CC(C)c1ccc(-c2cc(F)cc(C(=O)NC3Cc4ccccc4C3)c2)nn1. The molecule has 0 unspecified atom stereocenters. The number of nitrogens with one attached hydrogen (secondary N) is 1. The van der Waals surface area contributed by atoms with Gasteiger partial charge in [0, 0.05) is 17.2 Å². The molecule has 0 fully saturated rings. The first-order valence-electron chi connectivity index (χ1n) is 9.52. The van der Waals surface area contributed by atoms with Gasteiger partial charge in [0.1, 0.15) is 5.82 Å². The van der Waals surface area contributed by atoms with Crippen LogP contribution in [0, 0.1) is 5.82 Å². The van der Waals surface area contributed by atoms with E-state index in [4.69, 9.17) is 0 Å². The molecular formula is C23H22FN3O. The number of nitrogens with zero attached hydrogens (tertiary/aromatic N) is 2. The normalized spacial score (nSPS) is 13.6. The lowest BCUT2D eigenvalue weighted by atomic mass is 10.0. The molecule has 1 amide bonds. The molecule has 1 N–H and O–H groups in total. The van der Waals surface area contributed by atoms with Crippen LogP contribution in [0.4, 0.5) is 4.39 Å². The molecular weight excluding hydrogens is 353 g/mol. The van der Waals surface area contributed by atoms with E-state index in [0.29, 0.717) is 16.8 Å². The maximum Gasteiger partial charge on any atom is 0.251 e. The average Bonchev–Trinajstić information content (AvgIpc) is 3.09. The molecule has 0 saturated carbocycles. The number of halogens is 1. The van der Waals surface area contributed by atoms with Crippen LogP contribution in [0.3, 0.4) is 0 Å². The fraction of sp³-hybridized carbons (Fsp3) is 0.261.